The highest BCUT2D eigenvalue weighted by Gasteiger charge is 2.09. The number of benzene rings is 1. The van der Waals surface area contributed by atoms with Crippen LogP contribution >= 0.6 is 11.3 Å². The minimum atomic E-state index is -2.81. The van der Waals surface area contributed by atoms with Crippen LogP contribution in [0.15, 0.2) is 34.6 Å². The summed E-state index contributed by atoms with van der Waals surface area (Å²) < 4.78 is 28.6. The first kappa shape index (κ1) is 15.9. The van der Waals surface area contributed by atoms with Crippen LogP contribution in [0.2, 0.25) is 0 Å². The molecule has 0 aliphatic carbocycles. The van der Waals surface area contributed by atoms with Crippen molar-refractivity contribution in [3.63, 3.8) is 0 Å². The molecule has 2 aromatic rings. The quantitative estimate of drug-likeness (QED) is 0.872. The van der Waals surface area contributed by atoms with E-state index in [4.69, 9.17) is 0 Å². The number of hydrogen-bond donors (Lipinski definition) is 1. The van der Waals surface area contributed by atoms with E-state index < -0.39 is 6.61 Å². The Morgan fingerprint density at radius 1 is 1.13 bits per heavy atom. The van der Waals surface area contributed by atoms with Gasteiger partial charge in [0.25, 0.3) is 0 Å². The topological polar surface area (TPSA) is 46.5 Å². The van der Waals surface area contributed by atoms with Gasteiger partial charge < -0.3 is 10.1 Å². The van der Waals surface area contributed by atoms with Gasteiger partial charge in [0, 0.05) is 23.9 Å². The fraction of sp³-hybridized carbons (Fsp3) is 0.375. The second kappa shape index (κ2) is 7.50. The Hall–Kier alpha value is -2.02. The van der Waals surface area contributed by atoms with Crippen LogP contribution in [0.3, 0.4) is 0 Å². The Kier molecular flexibility index (Phi) is 5.17. The fourth-order valence-corrected chi connectivity index (χ4v) is 3.11. The molecule has 122 valence electrons. The van der Waals surface area contributed by atoms with Gasteiger partial charge in [-0.3, -0.25) is 4.99 Å². The molecule has 1 aromatic carbocycles. The highest BCUT2D eigenvalue weighted by Crippen LogP contribution is 2.27. The Morgan fingerprint density at radius 2 is 1.96 bits per heavy atom. The van der Waals surface area contributed by atoms with Crippen LogP contribution in [0.25, 0.3) is 11.3 Å². The van der Waals surface area contributed by atoms with E-state index in [0.29, 0.717) is 0 Å². The SMILES string of the molecule is FC(F)Oc1ccc(-c2csc(NC3=NCCCCC3)n2)cc1. The standard InChI is InChI=1S/C16H17F2N3OS/c17-15(18)22-12-7-5-11(6-8-12)13-10-23-16(20-13)21-14-4-2-1-3-9-19-14/h5-8,10,15H,1-4,9H2,(H,19,20,21). The lowest BCUT2D eigenvalue weighted by Gasteiger charge is -2.05. The molecule has 1 aromatic heterocycles. The normalized spacial score (nSPS) is 15.2. The van der Waals surface area contributed by atoms with Gasteiger partial charge in [-0.05, 0) is 37.1 Å². The van der Waals surface area contributed by atoms with Gasteiger partial charge in [-0.25, -0.2) is 4.98 Å². The third-order valence-corrected chi connectivity index (χ3v) is 4.26. The molecule has 0 spiro atoms. The number of rotatable bonds is 4. The number of aliphatic imine (C=N–C) groups is 1. The van der Waals surface area contributed by atoms with Crippen LogP contribution < -0.4 is 10.1 Å². The van der Waals surface area contributed by atoms with Gasteiger partial charge in [0.05, 0.1) is 5.69 Å². The zero-order valence-corrected chi connectivity index (χ0v) is 13.3. The van der Waals surface area contributed by atoms with Crippen LogP contribution in [0.4, 0.5) is 13.9 Å². The first-order valence-corrected chi connectivity index (χ1v) is 8.40. The number of nitrogens with zero attached hydrogens (tertiary/aromatic N) is 2. The lowest BCUT2D eigenvalue weighted by Crippen LogP contribution is -2.11. The number of thiazole rings is 1. The van der Waals surface area contributed by atoms with Crippen LogP contribution in [-0.2, 0) is 0 Å². The molecule has 0 saturated heterocycles. The van der Waals surface area contributed by atoms with E-state index in [0.717, 1.165) is 48.0 Å². The fourth-order valence-electron chi connectivity index (χ4n) is 2.37. The van der Waals surface area contributed by atoms with Gasteiger partial charge in [-0.2, -0.15) is 8.78 Å². The van der Waals surface area contributed by atoms with E-state index in [-0.39, 0.29) is 5.75 Å². The smallest absolute Gasteiger partial charge is 0.387 e. The number of halogens is 2. The molecular weight excluding hydrogens is 320 g/mol. The van der Waals surface area contributed by atoms with Crippen molar-refractivity contribution in [1.82, 2.24) is 4.98 Å². The lowest BCUT2D eigenvalue weighted by atomic mass is 10.2. The van der Waals surface area contributed by atoms with Crippen molar-refractivity contribution < 1.29 is 13.5 Å². The van der Waals surface area contributed by atoms with Crippen LogP contribution in [0.5, 0.6) is 5.75 Å². The predicted molar refractivity (Wildman–Crippen MR) is 88.6 cm³/mol. The van der Waals surface area contributed by atoms with Gasteiger partial charge in [0.1, 0.15) is 11.6 Å². The van der Waals surface area contributed by atoms with Gasteiger partial charge >= 0.3 is 6.61 Å². The van der Waals surface area contributed by atoms with Crippen LogP contribution in [0, 0.1) is 0 Å². The number of amidine groups is 1. The highest BCUT2D eigenvalue weighted by atomic mass is 32.1. The summed E-state index contributed by atoms with van der Waals surface area (Å²) in [6.07, 6.45) is 4.45. The molecule has 1 aliphatic heterocycles. The lowest BCUT2D eigenvalue weighted by molar-refractivity contribution is -0.0498. The molecular formula is C16H17F2N3OS. The van der Waals surface area contributed by atoms with E-state index in [1.165, 1.54) is 29.9 Å². The van der Waals surface area contributed by atoms with Gasteiger partial charge in [0.15, 0.2) is 5.13 Å². The van der Waals surface area contributed by atoms with Crippen molar-refractivity contribution in [2.24, 2.45) is 4.99 Å². The van der Waals surface area contributed by atoms with Crippen LogP contribution in [0.1, 0.15) is 25.7 Å². The average molecular weight is 337 g/mol. The molecule has 0 amide bonds. The maximum absolute atomic E-state index is 12.1. The predicted octanol–water partition coefficient (Wildman–Crippen LogP) is 4.80. The summed E-state index contributed by atoms with van der Waals surface area (Å²) >= 11 is 1.51. The van der Waals surface area contributed by atoms with Crippen molar-refractivity contribution in [1.29, 1.82) is 0 Å². The maximum Gasteiger partial charge on any atom is 0.387 e. The van der Waals surface area contributed by atoms with Gasteiger partial charge in [-0.15, -0.1) is 11.3 Å². The number of anilines is 1. The summed E-state index contributed by atoms with van der Waals surface area (Å²) in [5.74, 6) is 1.13. The zero-order valence-electron chi connectivity index (χ0n) is 12.5. The monoisotopic (exact) mass is 337 g/mol. The third kappa shape index (κ3) is 4.48. The molecule has 1 aliphatic rings. The molecule has 0 fully saturated rings. The molecule has 0 radical (unpaired) electrons. The second-order valence-electron chi connectivity index (χ2n) is 5.20. The summed E-state index contributed by atoms with van der Waals surface area (Å²) in [5, 5.41) is 6.01. The summed E-state index contributed by atoms with van der Waals surface area (Å²) in [4.78, 5) is 9.06. The minimum Gasteiger partial charge on any atom is -0.435 e. The van der Waals surface area contributed by atoms with Crippen molar-refractivity contribution in [2.45, 2.75) is 32.3 Å². The number of alkyl halides is 2. The summed E-state index contributed by atoms with van der Waals surface area (Å²) in [6, 6.07) is 6.48. The molecule has 1 N–H and O–H groups in total. The van der Waals surface area contributed by atoms with Crippen molar-refractivity contribution >= 4 is 22.3 Å². The van der Waals surface area contributed by atoms with Gasteiger partial charge in [0.2, 0.25) is 0 Å². The Morgan fingerprint density at radius 3 is 2.74 bits per heavy atom. The molecule has 4 nitrogen and oxygen atoms in total. The molecule has 0 saturated carbocycles. The highest BCUT2D eigenvalue weighted by molar-refractivity contribution is 7.14. The zero-order chi connectivity index (χ0) is 16.1. The Bertz CT molecular complexity index is 670. The van der Waals surface area contributed by atoms with E-state index in [1.54, 1.807) is 12.1 Å². The van der Waals surface area contributed by atoms with Crippen molar-refractivity contribution in [3.05, 3.63) is 29.6 Å². The first-order valence-electron chi connectivity index (χ1n) is 7.52. The molecule has 3 rings (SSSR count). The Labute approximate surface area is 137 Å². The number of hydrogen-bond acceptors (Lipinski definition) is 5. The van der Waals surface area contributed by atoms with Gasteiger partial charge in [-0.1, -0.05) is 6.42 Å². The van der Waals surface area contributed by atoms with E-state index in [2.05, 4.69) is 20.0 Å². The average Bonchev–Trinajstić information content (AvgIpc) is 2.83. The molecule has 2 heterocycles. The third-order valence-electron chi connectivity index (χ3n) is 3.51. The largest absolute Gasteiger partial charge is 0.435 e. The second-order valence-corrected chi connectivity index (χ2v) is 6.06. The number of aromatic nitrogens is 1. The van der Waals surface area contributed by atoms with Crippen molar-refractivity contribution in [3.8, 4) is 17.0 Å². The maximum atomic E-state index is 12.1. The summed E-state index contributed by atoms with van der Waals surface area (Å²) in [6.45, 7) is -1.94. The molecule has 0 unspecified atom stereocenters. The Balaban J connectivity index is 1.67. The molecule has 0 atom stereocenters. The summed E-state index contributed by atoms with van der Waals surface area (Å²) in [7, 11) is 0. The molecule has 7 heteroatoms. The van der Waals surface area contributed by atoms with E-state index in [1.807, 2.05) is 5.38 Å². The van der Waals surface area contributed by atoms with E-state index in [9.17, 15) is 8.78 Å². The number of ether oxygens (including phenoxy) is 1. The minimum absolute atomic E-state index is 0.144. The van der Waals surface area contributed by atoms with E-state index >= 15 is 0 Å². The van der Waals surface area contributed by atoms with Crippen LogP contribution in [-0.4, -0.2) is 24.0 Å². The first-order chi connectivity index (χ1) is 11.2. The van der Waals surface area contributed by atoms with Crippen molar-refractivity contribution in [2.75, 3.05) is 11.9 Å². The number of nitrogens with one attached hydrogen (secondary N) is 1. The summed E-state index contributed by atoms with van der Waals surface area (Å²) in [5.41, 5.74) is 1.66. The molecule has 23 heavy (non-hydrogen) atoms. The molecule has 0 bridgehead atoms.